The molecule has 2 N–H and O–H groups in total. The van der Waals surface area contributed by atoms with E-state index >= 15 is 0 Å². The van der Waals surface area contributed by atoms with Crippen molar-refractivity contribution in [2.45, 2.75) is 38.6 Å². The van der Waals surface area contributed by atoms with Gasteiger partial charge in [-0.15, -0.1) is 0 Å². The third-order valence-corrected chi connectivity index (χ3v) is 3.27. The van der Waals surface area contributed by atoms with Crippen molar-refractivity contribution < 1.29 is 9.50 Å². The molecular formula is C13H18FNO. The third kappa shape index (κ3) is 2.35. The van der Waals surface area contributed by atoms with E-state index in [0.29, 0.717) is 23.6 Å². The van der Waals surface area contributed by atoms with Crippen molar-refractivity contribution in [3.8, 4) is 5.75 Å². The molecule has 0 aromatic heterocycles. The van der Waals surface area contributed by atoms with Crippen LogP contribution in [0.1, 0.15) is 30.4 Å². The summed E-state index contributed by atoms with van der Waals surface area (Å²) in [6.45, 7) is 2.69. The van der Waals surface area contributed by atoms with Gasteiger partial charge < -0.3 is 10.4 Å². The van der Waals surface area contributed by atoms with Gasteiger partial charge in [-0.3, -0.25) is 0 Å². The molecule has 1 aromatic rings. The van der Waals surface area contributed by atoms with Crippen molar-refractivity contribution >= 4 is 0 Å². The molecule has 2 nitrogen and oxygen atoms in total. The van der Waals surface area contributed by atoms with E-state index < -0.39 is 5.82 Å². The first-order chi connectivity index (χ1) is 7.68. The molecule has 88 valence electrons. The second-order valence-electron chi connectivity index (χ2n) is 4.56. The van der Waals surface area contributed by atoms with Gasteiger partial charge in [-0.05, 0) is 43.9 Å². The fourth-order valence-corrected chi connectivity index (χ4v) is 2.23. The summed E-state index contributed by atoms with van der Waals surface area (Å²) in [5.74, 6) is -0.652. The third-order valence-electron chi connectivity index (χ3n) is 3.27. The predicted octanol–water partition coefficient (Wildman–Crippen LogP) is 2.52. The van der Waals surface area contributed by atoms with Crippen molar-refractivity contribution in [2.75, 3.05) is 6.54 Å². The van der Waals surface area contributed by atoms with Crippen molar-refractivity contribution in [1.29, 1.82) is 0 Å². The number of phenols is 1. The summed E-state index contributed by atoms with van der Waals surface area (Å²) in [6.07, 6.45) is 4.25. The predicted molar refractivity (Wildman–Crippen MR) is 62.1 cm³/mol. The van der Waals surface area contributed by atoms with Crippen LogP contribution < -0.4 is 5.32 Å². The first-order valence-corrected chi connectivity index (χ1v) is 5.89. The van der Waals surface area contributed by atoms with Crippen molar-refractivity contribution in [3.05, 3.63) is 29.1 Å². The lowest BCUT2D eigenvalue weighted by molar-refractivity contribution is 0.384. The highest BCUT2D eigenvalue weighted by atomic mass is 19.1. The lowest BCUT2D eigenvalue weighted by atomic mass is 9.96. The number of aromatic hydroxyl groups is 1. The molecule has 1 heterocycles. The van der Waals surface area contributed by atoms with Gasteiger partial charge in [0.15, 0.2) is 11.6 Å². The maximum Gasteiger partial charge on any atom is 0.167 e. The van der Waals surface area contributed by atoms with Gasteiger partial charge in [-0.2, -0.15) is 0 Å². The van der Waals surface area contributed by atoms with Crippen LogP contribution in [0.4, 0.5) is 4.39 Å². The zero-order valence-corrected chi connectivity index (χ0v) is 9.59. The molecule has 0 saturated carbocycles. The quantitative estimate of drug-likeness (QED) is 0.807. The summed E-state index contributed by atoms with van der Waals surface area (Å²) < 4.78 is 13.5. The zero-order chi connectivity index (χ0) is 11.5. The van der Waals surface area contributed by atoms with Crippen LogP contribution in [0.25, 0.3) is 0 Å². The first kappa shape index (κ1) is 11.4. The molecular weight excluding hydrogens is 205 g/mol. The van der Waals surface area contributed by atoms with Gasteiger partial charge in [0.05, 0.1) is 0 Å². The number of phenolic OH excluding ortho intramolecular Hbond substituents is 1. The standard InChI is InChI=1S/C13H18FNO/c1-9-5-6-10(13(16)12(9)14)8-11-4-2-3-7-15-11/h5-6,11,15-16H,2-4,7-8H2,1H3. The largest absolute Gasteiger partial charge is 0.505 e. The van der Waals surface area contributed by atoms with Gasteiger partial charge >= 0.3 is 0 Å². The summed E-state index contributed by atoms with van der Waals surface area (Å²) in [6, 6.07) is 3.93. The van der Waals surface area contributed by atoms with E-state index in [1.807, 2.05) is 6.07 Å². The van der Waals surface area contributed by atoms with Crippen LogP contribution in [0.15, 0.2) is 12.1 Å². The van der Waals surface area contributed by atoms with E-state index in [2.05, 4.69) is 5.32 Å². The number of hydrogen-bond acceptors (Lipinski definition) is 2. The van der Waals surface area contributed by atoms with E-state index in [9.17, 15) is 9.50 Å². The Morgan fingerprint density at radius 1 is 1.44 bits per heavy atom. The number of hydrogen-bond donors (Lipinski definition) is 2. The Balaban J connectivity index is 2.11. The zero-order valence-electron chi connectivity index (χ0n) is 9.59. The van der Waals surface area contributed by atoms with E-state index in [1.54, 1.807) is 13.0 Å². The summed E-state index contributed by atoms with van der Waals surface area (Å²) in [5, 5.41) is 13.1. The van der Waals surface area contributed by atoms with Crippen LogP contribution in [-0.2, 0) is 6.42 Å². The highest BCUT2D eigenvalue weighted by Crippen LogP contribution is 2.26. The molecule has 1 aromatic carbocycles. The Hall–Kier alpha value is -1.09. The van der Waals surface area contributed by atoms with Gasteiger partial charge in [0.25, 0.3) is 0 Å². The highest BCUT2D eigenvalue weighted by molar-refractivity contribution is 5.38. The monoisotopic (exact) mass is 223 g/mol. The minimum absolute atomic E-state index is 0.174. The van der Waals surface area contributed by atoms with E-state index in [4.69, 9.17) is 0 Å². The number of nitrogens with one attached hydrogen (secondary N) is 1. The normalized spacial score (nSPS) is 21.0. The van der Waals surface area contributed by atoms with Gasteiger partial charge in [0.2, 0.25) is 0 Å². The minimum atomic E-state index is -0.478. The number of halogens is 1. The fourth-order valence-electron chi connectivity index (χ4n) is 2.23. The maximum atomic E-state index is 13.5. The lowest BCUT2D eigenvalue weighted by Crippen LogP contribution is -2.35. The highest BCUT2D eigenvalue weighted by Gasteiger charge is 2.17. The van der Waals surface area contributed by atoms with E-state index in [0.717, 1.165) is 13.0 Å². The molecule has 0 bridgehead atoms. The number of benzene rings is 1. The molecule has 2 rings (SSSR count). The van der Waals surface area contributed by atoms with Gasteiger partial charge in [0.1, 0.15) is 0 Å². The Kier molecular flexibility index (Phi) is 3.44. The average Bonchev–Trinajstić information content (AvgIpc) is 2.31. The van der Waals surface area contributed by atoms with Crippen LogP contribution in [0.3, 0.4) is 0 Å². The van der Waals surface area contributed by atoms with Crippen LogP contribution in [0.2, 0.25) is 0 Å². The summed E-state index contributed by atoms with van der Waals surface area (Å²) in [4.78, 5) is 0. The molecule has 0 amide bonds. The smallest absolute Gasteiger partial charge is 0.167 e. The second-order valence-corrected chi connectivity index (χ2v) is 4.56. The Morgan fingerprint density at radius 2 is 2.25 bits per heavy atom. The molecule has 0 aliphatic carbocycles. The topological polar surface area (TPSA) is 32.3 Å². The molecule has 3 heteroatoms. The van der Waals surface area contributed by atoms with Crippen molar-refractivity contribution in [2.24, 2.45) is 0 Å². The Labute approximate surface area is 95.5 Å². The minimum Gasteiger partial charge on any atom is -0.505 e. The molecule has 16 heavy (non-hydrogen) atoms. The van der Waals surface area contributed by atoms with Crippen LogP contribution in [0, 0.1) is 12.7 Å². The van der Waals surface area contributed by atoms with Crippen molar-refractivity contribution in [1.82, 2.24) is 5.32 Å². The number of aryl methyl sites for hydroxylation is 1. The molecule has 0 radical (unpaired) electrons. The van der Waals surface area contributed by atoms with E-state index in [-0.39, 0.29) is 5.75 Å². The molecule has 1 atom stereocenters. The second kappa shape index (κ2) is 4.83. The molecule has 1 fully saturated rings. The molecule has 0 spiro atoms. The molecule has 1 unspecified atom stereocenters. The van der Waals surface area contributed by atoms with Crippen LogP contribution in [-0.4, -0.2) is 17.7 Å². The Bertz CT molecular complexity index is 372. The van der Waals surface area contributed by atoms with Gasteiger partial charge in [0, 0.05) is 6.04 Å². The van der Waals surface area contributed by atoms with Crippen LogP contribution >= 0.6 is 0 Å². The maximum absolute atomic E-state index is 13.5. The Morgan fingerprint density at radius 3 is 2.94 bits per heavy atom. The van der Waals surface area contributed by atoms with Gasteiger partial charge in [-0.25, -0.2) is 4.39 Å². The summed E-state index contributed by atoms with van der Waals surface area (Å²) in [7, 11) is 0. The molecule has 1 aliphatic heterocycles. The number of rotatable bonds is 2. The summed E-state index contributed by atoms with van der Waals surface area (Å²) >= 11 is 0. The SMILES string of the molecule is Cc1ccc(CC2CCCCN2)c(O)c1F. The lowest BCUT2D eigenvalue weighted by Gasteiger charge is -2.23. The first-order valence-electron chi connectivity index (χ1n) is 5.89. The van der Waals surface area contributed by atoms with E-state index in [1.165, 1.54) is 12.8 Å². The number of piperidine rings is 1. The van der Waals surface area contributed by atoms with Crippen LogP contribution in [0.5, 0.6) is 5.75 Å². The van der Waals surface area contributed by atoms with Crippen molar-refractivity contribution in [3.63, 3.8) is 0 Å². The fraction of sp³-hybridized carbons (Fsp3) is 0.538. The summed E-state index contributed by atoms with van der Waals surface area (Å²) in [5.41, 5.74) is 1.21. The average molecular weight is 223 g/mol. The molecule has 1 saturated heterocycles. The molecule has 1 aliphatic rings. The van der Waals surface area contributed by atoms with Gasteiger partial charge in [-0.1, -0.05) is 18.6 Å².